The average molecular weight is 247 g/mol. The second-order valence-electron chi connectivity index (χ2n) is 4.69. The van der Waals surface area contributed by atoms with Gasteiger partial charge in [0.25, 0.3) is 0 Å². The van der Waals surface area contributed by atoms with Crippen LogP contribution in [0.15, 0.2) is 6.20 Å². The third-order valence-corrected chi connectivity index (χ3v) is 4.30. The Morgan fingerprint density at radius 3 is 2.88 bits per heavy atom. The Balaban J connectivity index is 1.94. The van der Waals surface area contributed by atoms with Gasteiger partial charge in [0.05, 0.1) is 17.2 Å². The molecule has 1 aliphatic rings. The van der Waals surface area contributed by atoms with Crippen molar-refractivity contribution in [2.45, 2.75) is 46.1 Å². The molecule has 3 rings (SSSR count). The van der Waals surface area contributed by atoms with Crippen LogP contribution in [0.25, 0.3) is 0 Å². The number of aryl methyl sites for hydroxylation is 3. The molecule has 90 valence electrons. The predicted molar refractivity (Wildman–Crippen MR) is 69.6 cm³/mol. The van der Waals surface area contributed by atoms with Crippen molar-refractivity contribution in [3.05, 3.63) is 33.3 Å². The number of thiazole rings is 1. The molecule has 0 amide bonds. The van der Waals surface area contributed by atoms with Crippen LogP contribution in [0, 0.1) is 13.8 Å². The highest BCUT2D eigenvalue weighted by Gasteiger charge is 2.18. The van der Waals surface area contributed by atoms with Crippen molar-refractivity contribution in [1.29, 1.82) is 0 Å². The smallest absolute Gasteiger partial charge is 0.106 e. The van der Waals surface area contributed by atoms with Crippen molar-refractivity contribution in [3.8, 4) is 0 Å². The third-order valence-electron chi connectivity index (χ3n) is 3.41. The van der Waals surface area contributed by atoms with Crippen molar-refractivity contribution >= 4 is 11.3 Å². The van der Waals surface area contributed by atoms with E-state index in [0.29, 0.717) is 0 Å². The Morgan fingerprint density at radius 2 is 2.12 bits per heavy atom. The molecule has 0 bridgehead atoms. The standard InChI is InChI=1S/C13H17N3S/c1-9-15-12-5-3-4-6-13(12)16(9)8-11-7-14-10(2)17-11/h7H,3-6,8H2,1-2H3. The fraction of sp³-hybridized carbons (Fsp3) is 0.538. The second kappa shape index (κ2) is 4.26. The van der Waals surface area contributed by atoms with E-state index in [9.17, 15) is 0 Å². The summed E-state index contributed by atoms with van der Waals surface area (Å²) in [5.74, 6) is 1.16. The molecule has 0 saturated carbocycles. The Morgan fingerprint density at radius 1 is 1.29 bits per heavy atom. The number of imidazole rings is 1. The van der Waals surface area contributed by atoms with Gasteiger partial charge in [0, 0.05) is 16.8 Å². The minimum absolute atomic E-state index is 0.944. The second-order valence-corrected chi connectivity index (χ2v) is 6.01. The SMILES string of the molecule is Cc1ncc(Cn2c(C)nc3c2CCCC3)s1. The molecule has 0 saturated heterocycles. The molecule has 2 aromatic rings. The summed E-state index contributed by atoms with van der Waals surface area (Å²) in [6.07, 6.45) is 6.94. The van der Waals surface area contributed by atoms with E-state index in [1.54, 1.807) is 11.3 Å². The van der Waals surface area contributed by atoms with Crippen LogP contribution in [0.3, 0.4) is 0 Å². The molecule has 0 fully saturated rings. The van der Waals surface area contributed by atoms with Gasteiger partial charge in [0.1, 0.15) is 5.82 Å². The van der Waals surface area contributed by atoms with Crippen molar-refractivity contribution < 1.29 is 0 Å². The molecule has 0 aromatic carbocycles. The maximum atomic E-state index is 4.70. The summed E-state index contributed by atoms with van der Waals surface area (Å²) in [4.78, 5) is 10.4. The van der Waals surface area contributed by atoms with Gasteiger partial charge in [-0.1, -0.05) is 0 Å². The van der Waals surface area contributed by atoms with E-state index in [-0.39, 0.29) is 0 Å². The average Bonchev–Trinajstić information content (AvgIpc) is 2.85. The van der Waals surface area contributed by atoms with Gasteiger partial charge in [-0.2, -0.15) is 0 Å². The first-order valence-electron chi connectivity index (χ1n) is 6.20. The third kappa shape index (κ3) is 2.02. The van der Waals surface area contributed by atoms with Crippen LogP contribution in [0.1, 0.15) is 39.9 Å². The van der Waals surface area contributed by atoms with Crippen LogP contribution in [0.4, 0.5) is 0 Å². The zero-order valence-electron chi connectivity index (χ0n) is 10.4. The van der Waals surface area contributed by atoms with E-state index in [1.807, 2.05) is 6.20 Å². The first-order valence-corrected chi connectivity index (χ1v) is 7.02. The van der Waals surface area contributed by atoms with Gasteiger partial charge < -0.3 is 4.57 Å². The van der Waals surface area contributed by atoms with Crippen molar-refractivity contribution in [1.82, 2.24) is 14.5 Å². The molecule has 0 aliphatic heterocycles. The molecule has 1 aliphatic carbocycles. The maximum Gasteiger partial charge on any atom is 0.106 e. The Bertz CT molecular complexity index is 539. The van der Waals surface area contributed by atoms with Gasteiger partial charge in [-0.25, -0.2) is 9.97 Å². The summed E-state index contributed by atoms with van der Waals surface area (Å²) in [6.45, 7) is 5.12. The first kappa shape index (κ1) is 11.0. The highest BCUT2D eigenvalue weighted by atomic mass is 32.1. The first-order chi connectivity index (χ1) is 8.24. The number of hydrogen-bond donors (Lipinski definition) is 0. The molecule has 17 heavy (non-hydrogen) atoms. The van der Waals surface area contributed by atoms with E-state index < -0.39 is 0 Å². The number of nitrogens with zero attached hydrogens (tertiary/aromatic N) is 3. The Labute approximate surface area is 106 Å². The summed E-state index contributed by atoms with van der Waals surface area (Å²) in [5, 5.41) is 1.15. The summed E-state index contributed by atoms with van der Waals surface area (Å²) < 4.78 is 2.38. The van der Waals surface area contributed by atoms with Crippen molar-refractivity contribution in [2.75, 3.05) is 0 Å². The molecule has 0 radical (unpaired) electrons. The van der Waals surface area contributed by atoms with Gasteiger partial charge in [-0.3, -0.25) is 0 Å². The molecular formula is C13H17N3S. The van der Waals surface area contributed by atoms with E-state index in [2.05, 4.69) is 23.4 Å². The fourth-order valence-electron chi connectivity index (χ4n) is 2.58. The van der Waals surface area contributed by atoms with Gasteiger partial charge >= 0.3 is 0 Å². The Kier molecular flexibility index (Phi) is 2.74. The van der Waals surface area contributed by atoms with Crippen molar-refractivity contribution in [2.24, 2.45) is 0 Å². The normalized spacial score (nSPS) is 14.9. The van der Waals surface area contributed by atoms with E-state index in [4.69, 9.17) is 4.98 Å². The largest absolute Gasteiger partial charge is 0.327 e. The molecule has 4 heteroatoms. The van der Waals surface area contributed by atoms with Crippen LogP contribution in [-0.2, 0) is 19.4 Å². The quantitative estimate of drug-likeness (QED) is 0.817. The topological polar surface area (TPSA) is 30.7 Å². The molecule has 0 atom stereocenters. The van der Waals surface area contributed by atoms with Gasteiger partial charge in [0.2, 0.25) is 0 Å². The minimum atomic E-state index is 0.944. The number of hydrogen-bond acceptors (Lipinski definition) is 3. The maximum absolute atomic E-state index is 4.70. The minimum Gasteiger partial charge on any atom is -0.327 e. The summed E-state index contributed by atoms with van der Waals surface area (Å²) >= 11 is 1.79. The van der Waals surface area contributed by atoms with Gasteiger partial charge in [-0.15, -0.1) is 11.3 Å². The van der Waals surface area contributed by atoms with Crippen LogP contribution in [-0.4, -0.2) is 14.5 Å². The molecule has 2 heterocycles. The fourth-order valence-corrected chi connectivity index (χ4v) is 3.36. The lowest BCUT2D eigenvalue weighted by atomic mass is 10.0. The lowest BCUT2D eigenvalue weighted by molar-refractivity contribution is 0.626. The molecule has 0 N–H and O–H groups in total. The molecule has 0 spiro atoms. The Hall–Kier alpha value is -1.16. The van der Waals surface area contributed by atoms with Crippen LogP contribution in [0.2, 0.25) is 0 Å². The highest BCUT2D eigenvalue weighted by molar-refractivity contribution is 7.11. The monoisotopic (exact) mass is 247 g/mol. The van der Waals surface area contributed by atoms with Crippen molar-refractivity contribution in [3.63, 3.8) is 0 Å². The lowest BCUT2D eigenvalue weighted by Crippen LogP contribution is -2.09. The summed E-state index contributed by atoms with van der Waals surface area (Å²) in [6, 6.07) is 0. The molecule has 0 unspecified atom stereocenters. The van der Waals surface area contributed by atoms with Crippen LogP contribution in [0.5, 0.6) is 0 Å². The van der Waals surface area contributed by atoms with Crippen LogP contribution >= 0.6 is 11.3 Å². The zero-order valence-corrected chi connectivity index (χ0v) is 11.2. The number of rotatable bonds is 2. The number of aromatic nitrogens is 3. The highest BCUT2D eigenvalue weighted by Crippen LogP contribution is 2.24. The van der Waals surface area contributed by atoms with E-state index >= 15 is 0 Å². The van der Waals surface area contributed by atoms with E-state index in [0.717, 1.165) is 23.8 Å². The summed E-state index contributed by atoms with van der Waals surface area (Å²) in [7, 11) is 0. The molecule has 3 nitrogen and oxygen atoms in total. The summed E-state index contributed by atoms with van der Waals surface area (Å²) in [5.41, 5.74) is 2.79. The zero-order chi connectivity index (χ0) is 11.8. The number of fused-ring (bicyclic) bond motifs is 1. The lowest BCUT2D eigenvalue weighted by Gasteiger charge is -2.13. The van der Waals surface area contributed by atoms with Gasteiger partial charge in [-0.05, 0) is 39.5 Å². The molecular weight excluding hydrogens is 230 g/mol. The predicted octanol–water partition coefficient (Wildman–Crippen LogP) is 2.88. The van der Waals surface area contributed by atoms with Crippen LogP contribution < -0.4 is 0 Å². The van der Waals surface area contributed by atoms with E-state index in [1.165, 1.54) is 35.5 Å². The molecule has 2 aromatic heterocycles. The van der Waals surface area contributed by atoms with Gasteiger partial charge in [0.15, 0.2) is 0 Å².